The Bertz CT molecular complexity index is 1060. The standard InChI is InChI=1S/C22H19N3OS/c1-15-5-3-6-17(13-15)24-21-8-4-7-19(25-21)20-14-23-22(27-20)16-9-11-18(26-2)12-10-16/h3-14H,1-2H3,(H,24,25). The molecule has 0 spiro atoms. The van der Waals surface area contributed by atoms with Gasteiger partial charge in [0.25, 0.3) is 0 Å². The van der Waals surface area contributed by atoms with Crippen molar-refractivity contribution >= 4 is 22.8 Å². The van der Waals surface area contributed by atoms with Gasteiger partial charge in [0.1, 0.15) is 16.6 Å². The van der Waals surface area contributed by atoms with Crippen LogP contribution in [-0.2, 0) is 0 Å². The average Bonchev–Trinajstić information content (AvgIpc) is 3.19. The summed E-state index contributed by atoms with van der Waals surface area (Å²) in [5, 5.41) is 4.33. The van der Waals surface area contributed by atoms with E-state index < -0.39 is 0 Å². The maximum absolute atomic E-state index is 5.21. The van der Waals surface area contributed by atoms with Crippen LogP contribution in [0.5, 0.6) is 5.75 Å². The summed E-state index contributed by atoms with van der Waals surface area (Å²) in [6, 6.07) is 22.2. The van der Waals surface area contributed by atoms with E-state index in [0.717, 1.165) is 38.4 Å². The number of rotatable bonds is 5. The first kappa shape index (κ1) is 17.2. The van der Waals surface area contributed by atoms with Crippen LogP contribution in [0.25, 0.3) is 21.1 Å². The van der Waals surface area contributed by atoms with Crippen LogP contribution in [0.15, 0.2) is 72.9 Å². The monoisotopic (exact) mass is 373 g/mol. The number of aryl methyl sites for hydroxylation is 1. The van der Waals surface area contributed by atoms with Crippen molar-refractivity contribution in [2.75, 3.05) is 12.4 Å². The van der Waals surface area contributed by atoms with Gasteiger partial charge in [-0.3, -0.25) is 0 Å². The van der Waals surface area contributed by atoms with Crippen LogP contribution in [0.2, 0.25) is 0 Å². The van der Waals surface area contributed by atoms with Crippen LogP contribution >= 0.6 is 11.3 Å². The number of pyridine rings is 1. The van der Waals surface area contributed by atoms with Crippen molar-refractivity contribution in [3.8, 4) is 26.9 Å². The average molecular weight is 373 g/mol. The summed E-state index contributed by atoms with van der Waals surface area (Å²) in [6.45, 7) is 2.08. The molecule has 0 aliphatic heterocycles. The van der Waals surface area contributed by atoms with E-state index in [1.807, 2.05) is 60.8 Å². The predicted octanol–water partition coefficient (Wildman–Crippen LogP) is 5.93. The van der Waals surface area contributed by atoms with E-state index in [2.05, 4.69) is 29.4 Å². The highest BCUT2D eigenvalue weighted by Gasteiger charge is 2.09. The molecule has 2 aromatic carbocycles. The van der Waals surface area contributed by atoms with Gasteiger partial charge in [-0.15, -0.1) is 11.3 Å². The number of hydrogen-bond donors (Lipinski definition) is 1. The van der Waals surface area contributed by atoms with Crippen molar-refractivity contribution in [3.63, 3.8) is 0 Å². The number of ether oxygens (including phenoxy) is 1. The lowest BCUT2D eigenvalue weighted by Gasteiger charge is -2.07. The molecule has 0 atom stereocenters. The summed E-state index contributed by atoms with van der Waals surface area (Å²) < 4.78 is 5.21. The number of nitrogens with one attached hydrogen (secondary N) is 1. The third-order valence-electron chi connectivity index (χ3n) is 4.13. The minimum absolute atomic E-state index is 0.817. The summed E-state index contributed by atoms with van der Waals surface area (Å²) in [5.74, 6) is 1.66. The third kappa shape index (κ3) is 3.99. The lowest BCUT2D eigenvalue weighted by molar-refractivity contribution is 0.415. The second kappa shape index (κ2) is 7.60. The minimum Gasteiger partial charge on any atom is -0.497 e. The van der Waals surface area contributed by atoms with Gasteiger partial charge in [-0.1, -0.05) is 18.2 Å². The highest BCUT2D eigenvalue weighted by molar-refractivity contribution is 7.18. The number of nitrogens with zero attached hydrogens (tertiary/aromatic N) is 2. The Balaban J connectivity index is 1.58. The molecule has 0 aliphatic carbocycles. The van der Waals surface area contributed by atoms with Crippen molar-refractivity contribution in [3.05, 3.63) is 78.5 Å². The zero-order valence-electron chi connectivity index (χ0n) is 15.1. The zero-order valence-corrected chi connectivity index (χ0v) is 16.0. The molecule has 4 rings (SSSR count). The molecular formula is C22H19N3OS. The lowest BCUT2D eigenvalue weighted by Crippen LogP contribution is -1.94. The van der Waals surface area contributed by atoms with E-state index >= 15 is 0 Å². The maximum atomic E-state index is 5.21. The molecule has 0 aliphatic rings. The number of aromatic nitrogens is 2. The van der Waals surface area contributed by atoms with E-state index in [1.165, 1.54) is 5.56 Å². The molecule has 0 bridgehead atoms. The predicted molar refractivity (Wildman–Crippen MR) is 112 cm³/mol. The molecule has 0 unspecified atom stereocenters. The van der Waals surface area contributed by atoms with Crippen molar-refractivity contribution in [2.45, 2.75) is 6.92 Å². The number of anilines is 2. The number of methoxy groups -OCH3 is 1. The van der Waals surface area contributed by atoms with Crippen LogP contribution in [0.3, 0.4) is 0 Å². The topological polar surface area (TPSA) is 47.0 Å². The van der Waals surface area contributed by atoms with E-state index in [0.29, 0.717) is 0 Å². The second-order valence-corrected chi connectivity index (χ2v) is 7.19. The van der Waals surface area contributed by atoms with Crippen LogP contribution in [0.1, 0.15) is 5.56 Å². The molecule has 2 heterocycles. The minimum atomic E-state index is 0.817. The van der Waals surface area contributed by atoms with Gasteiger partial charge in [-0.25, -0.2) is 9.97 Å². The van der Waals surface area contributed by atoms with Gasteiger partial charge in [0.05, 0.1) is 17.7 Å². The van der Waals surface area contributed by atoms with Crippen LogP contribution < -0.4 is 10.1 Å². The number of thiazole rings is 1. The molecular weight excluding hydrogens is 354 g/mol. The van der Waals surface area contributed by atoms with Crippen molar-refractivity contribution < 1.29 is 4.74 Å². The fourth-order valence-electron chi connectivity index (χ4n) is 2.77. The highest BCUT2D eigenvalue weighted by Crippen LogP contribution is 2.32. The van der Waals surface area contributed by atoms with Crippen LogP contribution in [-0.4, -0.2) is 17.1 Å². The Morgan fingerprint density at radius 1 is 0.963 bits per heavy atom. The molecule has 4 aromatic rings. The van der Waals surface area contributed by atoms with Gasteiger partial charge >= 0.3 is 0 Å². The second-order valence-electron chi connectivity index (χ2n) is 6.16. The Hall–Kier alpha value is -3.18. The summed E-state index contributed by atoms with van der Waals surface area (Å²) in [4.78, 5) is 10.3. The first-order valence-corrected chi connectivity index (χ1v) is 9.44. The molecule has 4 nitrogen and oxygen atoms in total. The normalized spacial score (nSPS) is 10.6. The van der Waals surface area contributed by atoms with Crippen molar-refractivity contribution in [1.82, 2.24) is 9.97 Å². The smallest absolute Gasteiger partial charge is 0.131 e. The molecule has 0 saturated heterocycles. The Morgan fingerprint density at radius 2 is 1.78 bits per heavy atom. The van der Waals surface area contributed by atoms with E-state index in [1.54, 1.807) is 18.4 Å². The van der Waals surface area contributed by atoms with Gasteiger partial charge in [0, 0.05) is 17.4 Å². The van der Waals surface area contributed by atoms with Crippen molar-refractivity contribution in [1.29, 1.82) is 0 Å². The van der Waals surface area contributed by atoms with Gasteiger partial charge in [-0.05, 0) is 61.0 Å². The lowest BCUT2D eigenvalue weighted by atomic mass is 10.2. The molecule has 0 fully saturated rings. The third-order valence-corrected chi connectivity index (χ3v) is 5.20. The van der Waals surface area contributed by atoms with E-state index in [9.17, 15) is 0 Å². The SMILES string of the molecule is COc1ccc(-c2ncc(-c3cccc(Nc4cccc(C)c4)n3)s2)cc1. The zero-order chi connectivity index (χ0) is 18.6. The number of hydrogen-bond acceptors (Lipinski definition) is 5. The van der Waals surface area contributed by atoms with Crippen molar-refractivity contribution in [2.24, 2.45) is 0 Å². The summed E-state index contributed by atoms with van der Waals surface area (Å²) in [6.07, 6.45) is 1.88. The van der Waals surface area contributed by atoms with Crippen LogP contribution in [0, 0.1) is 6.92 Å². The Labute approximate surface area is 162 Å². The van der Waals surface area contributed by atoms with Gasteiger partial charge in [0.2, 0.25) is 0 Å². The van der Waals surface area contributed by atoms with E-state index in [-0.39, 0.29) is 0 Å². The number of benzene rings is 2. The first-order chi connectivity index (χ1) is 13.2. The van der Waals surface area contributed by atoms with Crippen LogP contribution in [0.4, 0.5) is 11.5 Å². The summed E-state index contributed by atoms with van der Waals surface area (Å²) >= 11 is 1.63. The summed E-state index contributed by atoms with van der Waals surface area (Å²) in [7, 11) is 1.67. The first-order valence-electron chi connectivity index (χ1n) is 8.63. The van der Waals surface area contributed by atoms with Gasteiger partial charge < -0.3 is 10.1 Å². The molecule has 0 radical (unpaired) electrons. The molecule has 134 valence electrons. The largest absolute Gasteiger partial charge is 0.497 e. The molecule has 27 heavy (non-hydrogen) atoms. The fraction of sp³-hybridized carbons (Fsp3) is 0.0909. The molecule has 2 aromatic heterocycles. The summed E-state index contributed by atoms with van der Waals surface area (Å²) in [5.41, 5.74) is 4.22. The van der Waals surface area contributed by atoms with E-state index in [4.69, 9.17) is 9.72 Å². The van der Waals surface area contributed by atoms with Gasteiger partial charge in [0.15, 0.2) is 0 Å². The quantitative estimate of drug-likeness (QED) is 0.471. The molecule has 5 heteroatoms. The van der Waals surface area contributed by atoms with Gasteiger partial charge in [-0.2, -0.15) is 0 Å². The molecule has 1 N–H and O–H groups in total. The molecule has 0 amide bonds. The Kier molecular flexibility index (Phi) is 4.85. The Morgan fingerprint density at radius 3 is 2.56 bits per heavy atom. The fourth-order valence-corrected chi connectivity index (χ4v) is 3.66. The molecule has 0 saturated carbocycles. The highest BCUT2D eigenvalue weighted by atomic mass is 32.1. The maximum Gasteiger partial charge on any atom is 0.131 e.